The van der Waals surface area contributed by atoms with Gasteiger partial charge in [0.1, 0.15) is 37.4 Å². The van der Waals surface area contributed by atoms with Crippen molar-refractivity contribution in [3.05, 3.63) is 81.9 Å². The minimum atomic E-state index is -2.07. The molecule has 5 nitrogen and oxygen atoms in total. The molecular formula is C74H114O5Si. The molecule has 0 saturated heterocycles. The molecule has 0 aromatic heterocycles. The highest BCUT2D eigenvalue weighted by atomic mass is 28.3. The van der Waals surface area contributed by atoms with Crippen molar-refractivity contribution in [1.82, 2.24) is 0 Å². The Balaban J connectivity index is 2.21. The molecule has 0 unspecified atom stereocenters. The maximum Gasteiger partial charge on any atom is 0.150 e. The van der Waals surface area contributed by atoms with Gasteiger partial charge >= 0.3 is 0 Å². The highest BCUT2D eigenvalue weighted by Crippen LogP contribution is 2.41. The molecule has 80 heavy (non-hydrogen) atoms. The molecule has 0 heterocycles. The fourth-order valence-corrected chi connectivity index (χ4v) is 16.4. The fourth-order valence-electron chi connectivity index (χ4n) is 11.2. The average molecular weight is 1110 g/mol. The van der Waals surface area contributed by atoms with Gasteiger partial charge in [-0.1, -0.05) is 291 Å². The normalized spacial score (nSPS) is 11.3. The lowest BCUT2D eigenvalue weighted by molar-refractivity contribution is 0.112. The quantitative estimate of drug-likeness (QED) is 0.0244. The molecule has 0 aliphatic carbocycles. The minimum Gasteiger partial charge on any atom is -0.492 e. The lowest BCUT2D eigenvalue weighted by Gasteiger charge is -2.38. The lowest BCUT2D eigenvalue weighted by Crippen LogP contribution is -2.43. The van der Waals surface area contributed by atoms with Crippen LogP contribution < -0.4 is 18.9 Å². The zero-order chi connectivity index (χ0) is 57.9. The summed E-state index contributed by atoms with van der Waals surface area (Å²) in [5.74, 6) is 20.8. The first kappa shape index (κ1) is 69.7. The van der Waals surface area contributed by atoms with E-state index in [2.05, 4.69) is 123 Å². The summed E-state index contributed by atoms with van der Waals surface area (Å²) in [5.41, 5.74) is 10.2. The molecule has 0 aliphatic heterocycles. The van der Waals surface area contributed by atoms with Crippen molar-refractivity contribution in [1.29, 1.82) is 0 Å². The smallest absolute Gasteiger partial charge is 0.150 e. The Morgan fingerprint density at radius 1 is 0.350 bits per heavy atom. The lowest BCUT2D eigenvalue weighted by atomic mass is 10.1. The Bertz CT molecular complexity index is 2270. The van der Waals surface area contributed by atoms with Crippen LogP contribution in [-0.2, 0) is 0 Å². The largest absolute Gasteiger partial charge is 0.492 e. The first-order valence-corrected chi connectivity index (χ1v) is 35.3. The molecule has 0 aliphatic rings. The Kier molecular flexibility index (Phi) is 38.4. The second-order valence-corrected chi connectivity index (χ2v) is 29.4. The maximum atomic E-state index is 11.5. The molecule has 0 N–H and O–H groups in total. The molecule has 0 saturated carbocycles. The zero-order valence-corrected chi connectivity index (χ0v) is 53.9. The van der Waals surface area contributed by atoms with E-state index in [1.54, 1.807) is 0 Å². The van der Waals surface area contributed by atoms with Crippen molar-refractivity contribution in [2.24, 2.45) is 0 Å². The Labute approximate surface area is 493 Å². The third kappa shape index (κ3) is 27.9. The molecule has 0 fully saturated rings. The number of carbonyl (C=O) groups excluding carboxylic acids is 1. The first-order chi connectivity index (χ1) is 39.0. The number of hydrogen-bond donors (Lipinski definition) is 0. The number of unbranched alkanes of at least 4 members (excludes halogenated alkanes) is 28. The number of carbonyl (C=O) groups is 1. The SMILES string of the molecule is CCCCCCCCCCOc1cc(C#Cc2cc(OCCCCCCCCCC)c(C#C[Si](C(C)C)(C(C)C)C(C)C)cc2OCCCCCCCCCC)c(OCCCCCCCCCC)cc1C#Cc1ccc(C=O)cc1. The summed E-state index contributed by atoms with van der Waals surface area (Å²) in [4.78, 5) is 11.5. The molecule has 0 radical (unpaired) electrons. The number of benzene rings is 3. The van der Waals surface area contributed by atoms with Gasteiger partial charge in [-0.3, -0.25) is 4.79 Å². The van der Waals surface area contributed by atoms with E-state index in [0.717, 1.165) is 97.0 Å². The molecule has 0 amide bonds. The van der Waals surface area contributed by atoms with Crippen LogP contribution in [0.4, 0.5) is 0 Å². The Hall–Kier alpha value is -4.57. The summed E-state index contributed by atoms with van der Waals surface area (Å²) < 4.78 is 27.1. The van der Waals surface area contributed by atoms with Gasteiger partial charge in [-0.2, -0.15) is 0 Å². The third-order valence-electron chi connectivity index (χ3n) is 16.2. The van der Waals surface area contributed by atoms with Crippen LogP contribution in [0.2, 0.25) is 16.6 Å². The van der Waals surface area contributed by atoms with Crippen molar-refractivity contribution in [3.63, 3.8) is 0 Å². The van der Waals surface area contributed by atoms with Crippen molar-refractivity contribution in [2.45, 2.75) is 291 Å². The first-order valence-electron chi connectivity index (χ1n) is 33.0. The average Bonchev–Trinajstić information content (AvgIpc) is 3.51. The van der Waals surface area contributed by atoms with Crippen LogP contribution in [0.3, 0.4) is 0 Å². The minimum absolute atomic E-state index is 0.507. The highest BCUT2D eigenvalue weighted by Gasteiger charge is 2.41. The van der Waals surface area contributed by atoms with E-state index < -0.39 is 8.07 Å². The summed E-state index contributed by atoms with van der Waals surface area (Å²) in [6.07, 6.45) is 40.2. The number of hydrogen-bond acceptors (Lipinski definition) is 5. The molecule has 444 valence electrons. The summed E-state index contributed by atoms with van der Waals surface area (Å²) in [7, 11) is -2.07. The van der Waals surface area contributed by atoms with Crippen LogP contribution in [0.15, 0.2) is 48.5 Å². The number of aldehydes is 1. The van der Waals surface area contributed by atoms with Crippen molar-refractivity contribution in [2.75, 3.05) is 26.4 Å². The Morgan fingerprint density at radius 2 is 0.600 bits per heavy atom. The van der Waals surface area contributed by atoms with Crippen LogP contribution in [0.5, 0.6) is 23.0 Å². The summed E-state index contributed by atoms with van der Waals surface area (Å²) in [6.45, 7) is 25.8. The van der Waals surface area contributed by atoms with Crippen molar-refractivity contribution in [3.8, 4) is 58.1 Å². The summed E-state index contributed by atoms with van der Waals surface area (Å²) in [6, 6.07) is 15.8. The van der Waals surface area contributed by atoms with Crippen molar-refractivity contribution < 1.29 is 23.7 Å². The summed E-state index contributed by atoms with van der Waals surface area (Å²) in [5, 5.41) is 0. The zero-order valence-electron chi connectivity index (χ0n) is 52.9. The monoisotopic (exact) mass is 1110 g/mol. The number of ether oxygens (including phenoxy) is 4. The van der Waals surface area contributed by atoms with Gasteiger partial charge in [-0.25, -0.2) is 0 Å². The molecule has 3 rings (SSSR count). The maximum absolute atomic E-state index is 11.5. The molecule has 0 atom stereocenters. The summed E-state index contributed by atoms with van der Waals surface area (Å²) >= 11 is 0. The van der Waals surface area contributed by atoms with Gasteiger partial charge in [-0.15, -0.1) is 5.54 Å². The van der Waals surface area contributed by atoms with E-state index in [1.165, 1.54) is 154 Å². The molecule has 6 heteroatoms. The molecule has 0 spiro atoms. The van der Waals surface area contributed by atoms with E-state index in [0.29, 0.717) is 60.1 Å². The molecule has 3 aromatic carbocycles. The fraction of sp³-hybridized carbons (Fsp3) is 0.662. The molecule has 3 aromatic rings. The van der Waals surface area contributed by atoms with E-state index in [-0.39, 0.29) is 0 Å². The van der Waals surface area contributed by atoms with Crippen LogP contribution in [0.25, 0.3) is 0 Å². The molecule has 0 bridgehead atoms. The van der Waals surface area contributed by atoms with Gasteiger partial charge in [0.2, 0.25) is 0 Å². The van der Waals surface area contributed by atoms with Gasteiger partial charge in [0, 0.05) is 35.4 Å². The van der Waals surface area contributed by atoms with Crippen molar-refractivity contribution >= 4 is 14.4 Å². The van der Waals surface area contributed by atoms with Gasteiger partial charge in [0.15, 0.2) is 0 Å². The molecular weight excluding hydrogens is 997 g/mol. The van der Waals surface area contributed by atoms with Crippen LogP contribution in [0.1, 0.15) is 313 Å². The van der Waals surface area contributed by atoms with Gasteiger partial charge in [-0.05, 0) is 54.4 Å². The second-order valence-electron chi connectivity index (χ2n) is 23.9. The van der Waals surface area contributed by atoms with Gasteiger partial charge < -0.3 is 18.9 Å². The second kappa shape index (κ2) is 44.1. The van der Waals surface area contributed by atoms with Crippen LogP contribution in [0, 0.1) is 35.1 Å². The van der Waals surface area contributed by atoms with Crippen LogP contribution in [-0.4, -0.2) is 40.8 Å². The predicted octanol–water partition coefficient (Wildman–Crippen LogP) is 21.9. The third-order valence-corrected chi connectivity index (χ3v) is 22.5. The highest BCUT2D eigenvalue weighted by molar-refractivity contribution is 6.90. The van der Waals surface area contributed by atoms with Gasteiger partial charge in [0.05, 0.1) is 48.7 Å². The topological polar surface area (TPSA) is 54.0 Å². The standard InChI is InChI=1S/C74H114O5Si/c1-11-15-19-23-27-31-35-39-52-76-71-58-68(72(77-53-40-36-32-28-24-20-16-12-2)57-67(71)48-47-65-43-45-66(61-75)46-44-65)49-50-69-59-74(79-55-42-38-34-30-26-22-18-14-4)70(51-56-80(62(5)6,63(7)8)64(9)10)60-73(69)78-54-41-37-33-29-25-21-17-13-3/h43-46,57-64H,11-42,52-55H2,1-10H3. The van der Waals surface area contributed by atoms with E-state index >= 15 is 0 Å². The van der Waals surface area contributed by atoms with E-state index in [1.807, 2.05) is 30.3 Å². The Morgan fingerprint density at radius 3 is 0.863 bits per heavy atom. The number of rotatable bonds is 44. The van der Waals surface area contributed by atoms with Gasteiger partial charge in [0.25, 0.3) is 0 Å². The van der Waals surface area contributed by atoms with E-state index in [4.69, 9.17) is 18.9 Å². The van der Waals surface area contributed by atoms with Crippen LogP contribution >= 0.6 is 0 Å². The predicted molar refractivity (Wildman–Crippen MR) is 347 cm³/mol. The van der Waals surface area contributed by atoms with E-state index in [9.17, 15) is 4.79 Å².